The van der Waals surface area contributed by atoms with Crippen LogP contribution in [0.4, 0.5) is 5.69 Å². The third-order valence-corrected chi connectivity index (χ3v) is 3.27. The van der Waals surface area contributed by atoms with Gasteiger partial charge in [-0.3, -0.25) is 0 Å². The number of methoxy groups -OCH3 is 1. The van der Waals surface area contributed by atoms with E-state index in [2.05, 4.69) is 24.8 Å². The maximum absolute atomic E-state index is 10.1. The second kappa shape index (κ2) is 7.39. The molecule has 0 bridgehead atoms. The summed E-state index contributed by atoms with van der Waals surface area (Å²) in [6.45, 7) is 7.85. The lowest BCUT2D eigenvalue weighted by Gasteiger charge is -2.32. The maximum atomic E-state index is 10.1. The van der Waals surface area contributed by atoms with Crippen molar-refractivity contribution < 1.29 is 9.84 Å². The average Bonchev–Trinajstić information content (AvgIpc) is 2.39. The molecule has 0 saturated carbocycles. The van der Waals surface area contributed by atoms with Crippen molar-refractivity contribution in [3.63, 3.8) is 0 Å². The Kier molecular flexibility index (Phi) is 6.16. The van der Waals surface area contributed by atoms with Crippen LogP contribution in [-0.2, 0) is 4.74 Å². The Morgan fingerprint density at radius 3 is 2.50 bits per heavy atom. The highest BCUT2D eigenvalue weighted by atomic mass is 16.5. The first-order chi connectivity index (χ1) is 8.65. The predicted molar refractivity (Wildman–Crippen MR) is 76.1 cm³/mol. The molecule has 102 valence electrons. The Hall–Kier alpha value is -1.06. The van der Waals surface area contributed by atoms with E-state index in [1.807, 2.05) is 25.1 Å². The summed E-state index contributed by atoms with van der Waals surface area (Å²) < 4.78 is 5.23. The van der Waals surface area contributed by atoms with Gasteiger partial charge in [-0.15, -0.1) is 0 Å². The molecule has 0 amide bonds. The Morgan fingerprint density at radius 1 is 1.28 bits per heavy atom. The van der Waals surface area contributed by atoms with Crippen LogP contribution in [0.25, 0.3) is 0 Å². The van der Waals surface area contributed by atoms with Crippen LogP contribution >= 0.6 is 0 Å². The number of aliphatic hydroxyl groups excluding tert-OH is 1. The Bertz CT molecular complexity index is 354. The third-order valence-electron chi connectivity index (χ3n) is 3.27. The molecule has 3 heteroatoms. The van der Waals surface area contributed by atoms with E-state index in [0.29, 0.717) is 12.6 Å². The molecule has 0 aromatic heterocycles. The van der Waals surface area contributed by atoms with Gasteiger partial charge in [0.2, 0.25) is 0 Å². The smallest absolute Gasteiger partial charge is 0.0807 e. The molecule has 0 radical (unpaired) electrons. The van der Waals surface area contributed by atoms with Gasteiger partial charge in [0.25, 0.3) is 0 Å². The van der Waals surface area contributed by atoms with Gasteiger partial charge >= 0.3 is 0 Å². The topological polar surface area (TPSA) is 32.7 Å². The largest absolute Gasteiger partial charge is 0.388 e. The minimum atomic E-state index is -0.398. The number of hydrogen-bond acceptors (Lipinski definition) is 3. The van der Waals surface area contributed by atoms with Crippen LogP contribution in [-0.4, -0.2) is 31.4 Å². The molecule has 2 unspecified atom stereocenters. The van der Waals surface area contributed by atoms with Crippen LogP contribution in [0.3, 0.4) is 0 Å². The quantitative estimate of drug-likeness (QED) is 0.808. The monoisotopic (exact) mass is 251 g/mol. The lowest BCUT2D eigenvalue weighted by molar-refractivity contribution is 0.171. The number of likely N-dealkylation sites (N-methyl/N-ethyl adjacent to an activating group) is 1. The highest BCUT2D eigenvalue weighted by Gasteiger charge is 2.18. The van der Waals surface area contributed by atoms with Gasteiger partial charge in [0.15, 0.2) is 0 Å². The van der Waals surface area contributed by atoms with E-state index in [4.69, 9.17) is 4.74 Å². The summed E-state index contributed by atoms with van der Waals surface area (Å²) in [5.74, 6) is 0. The zero-order chi connectivity index (χ0) is 13.5. The van der Waals surface area contributed by atoms with Crippen LogP contribution in [0.2, 0.25) is 0 Å². The first-order valence-electron chi connectivity index (χ1n) is 6.68. The van der Waals surface area contributed by atoms with Gasteiger partial charge in [-0.05, 0) is 26.3 Å². The molecule has 0 aliphatic heterocycles. The number of ether oxygens (including phenoxy) is 1. The minimum Gasteiger partial charge on any atom is -0.388 e. The van der Waals surface area contributed by atoms with Crippen LogP contribution < -0.4 is 4.90 Å². The molecular weight excluding hydrogens is 226 g/mol. The zero-order valence-corrected chi connectivity index (χ0v) is 11.9. The molecule has 0 aliphatic carbocycles. The Morgan fingerprint density at radius 2 is 1.94 bits per heavy atom. The van der Waals surface area contributed by atoms with Gasteiger partial charge in [0, 0.05) is 30.9 Å². The normalized spacial score (nSPS) is 14.3. The molecule has 1 rings (SSSR count). The summed E-state index contributed by atoms with van der Waals surface area (Å²) in [4.78, 5) is 2.28. The van der Waals surface area contributed by atoms with Crippen molar-refractivity contribution in [3.05, 3.63) is 29.8 Å². The number of para-hydroxylation sites is 1. The fraction of sp³-hybridized carbons (Fsp3) is 0.600. The zero-order valence-electron chi connectivity index (χ0n) is 11.9. The van der Waals surface area contributed by atoms with Crippen molar-refractivity contribution in [1.29, 1.82) is 0 Å². The number of hydrogen-bond donors (Lipinski definition) is 1. The SMILES string of the molecule is CCC(O)c1ccccc1N(CC)C(C)COC. The predicted octanol–water partition coefficient (Wildman–Crippen LogP) is 2.99. The van der Waals surface area contributed by atoms with Crippen molar-refractivity contribution >= 4 is 5.69 Å². The van der Waals surface area contributed by atoms with E-state index < -0.39 is 6.10 Å². The molecule has 2 atom stereocenters. The summed E-state index contributed by atoms with van der Waals surface area (Å²) in [7, 11) is 1.72. The first kappa shape index (κ1) is 15.0. The van der Waals surface area contributed by atoms with E-state index in [9.17, 15) is 5.11 Å². The molecule has 1 aromatic carbocycles. The highest BCUT2D eigenvalue weighted by Crippen LogP contribution is 2.29. The van der Waals surface area contributed by atoms with E-state index in [1.54, 1.807) is 7.11 Å². The lowest BCUT2D eigenvalue weighted by atomic mass is 10.0. The fourth-order valence-electron chi connectivity index (χ4n) is 2.30. The van der Waals surface area contributed by atoms with Gasteiger partial charge in [0.1, 0.15) is 0 Å². The number of benzene rings is 1. The summed E-state index contributed by atoms with van der Waals surface area (Å²) in [6.07, 6.45) is 0.331. The molecule has 0 saturated heterocycles. The number of anilines is 1. The van der Waals surface area contributed by atoms with Crippen molar-refractivity contribution in [2.24, 2.45) is 0 Å². The second-order valence-corrected chi connectivity index (χ2v) is 4.57. The van der Waals surface area contributed by atoms with Gasteiger partial charge in [-0.2, -0.15) is 0 Å². The third kappa shape index (κ3) is 3.47. The Balaban J connectivity index is 3.05. The molecule has 0 spiro atoms. The van der Waals surface area contributed by atoms with Crippen molar-refractivity contribution in [3.8, 4) is 0 Å². The van der Waals surface area contributed by atoms with E-state index in [-0.39, 0.29) is 0 Å². The molecule has 18 heavy (non-hydrogen) atoms. The number of aliphatic hydroxyl groups is 1. The molecule has 0 fully saturated rings. The maximum Gasteiger partial charge on any atom is 0.0807 e. The standard InChI is InChI=1S/C15H25NO2/c1-5-15(17)13-9-7-8-10-14(13)16(6-2)12(3)11-18-4/h7-10,12,15,17H,5-6,11H2,1-4H3. The van der Waals surface area contributed by atoms with E-state index in [0.717, 1.165) is 24.2 Å². The molecule has 0 heterocycles. The first-order valence-corrected chi connectivity index (χ1v) is 6.68. The van der Waals surface area contributed by atoms with Crippen molar-refractivity contribution in [2.75, 3.05) is 25.2 Å². The van der Waals surface area contributed by atoms with E-state index >= 15 is 0 Å². The van der Waals surface area contributed by atoms with Gasteiger partial charge in [0.05, 0.1) is 12.7 Å². The molecule has 1 aromatic rings. The summed E-state index contributed by atoms with van der Waals surface area (Å²) >= 11 is 0. The van der Waals surface area contributed by atoms with Crippen LogP contribution in [0, 0.1) is 0 Å². The van der Waals surface area contributed by atoms with Crippen molar-refractivity contribution in [1.82, 2.24) is 0 Å². The van der Waals surface area contributed by atoms with E-state index in [1.165, 1.54) is 0 Å². The van der Waals surface area contributed by atoms with Gasteiger partial charge in [-0.1, -0.05) is 25.1 Å². The summed E-state index contributed by atoms with van der Waals surface area (Å²) in [5, 5.41) is 10.1. The molecule has 1 N–H and O–H groups in total. The number of nitrogens with zero attached hydrogens (tertiary/aromatic N) is 1. The number of rotatable bonds is 7. The van der Waals surface area contributed by atoms with Crippen LogP contribution in [0.5, 0.6) is 0 Å². The van der Waals surface area contributed by atoms with Crippen molar-refractivity contribution in [2.45, 2.75) is 39.3 Å². The highest BCUT2D eigenvalue weighted by molar-refractivity contribution is 5.55. The lowest BCUT2D eigenvalue weighted by Crippen LogP contribution is -2.36. The summed E-state index contributed by atoms with van der Waals surface area (Å²) in [6, 6.07) is 8.37. The van der Waals surface area contributed by atoms with Crippen LogP contribution in [0.1, 0.15) is 38.9 Å². The second-order valence-electron chi connectivity index (χ2n) is 4.57. The fourth-order valence-corrected chi connectivity index (χ4v) is 2.30. The molecular formula is C15H25NO2. The molecule has 0 aliphatic rings. The minimum absolute atomic E-state index is 0.296. The molecule has 3 nitrogen and oxygen atoms in total. The Labute approximate surface area is 110 Å². The summed E-state index contributed by atoms with van der Waals surface area (Å²) in [5.41, 5.74) is 2.11. The van der Waals surface area contributed by atoms with Gasteiger partial charge in [-0.25, -0.2) is 0 Å². The van der Waals surface area contributed by atoms with Gasteiger partial charge < -0.3 is 14.7 Å². The average molecular weight is 251 g/mol. The van der Waals surface area contributed by atoms with Crippen LogP contribution in [0.15, 0.2) is 24.3 Å².